The molecular formula is C12H24N4. The quantitative estimate of drug-likeness (QED) is 0.770. The molecule has 0 saturated carbocycles. The maximum Gasteiger partial charge on any atom is 0.150 e. The van der Waals surface area contributed by atoms with E-state index in [0.29, 0.717) is 6.04 Å². The van der Waals surface area contributed by atoms with Crippen LogP contribution in [-0.4, -0.2) is 27.9 Å². The molecule has 16 heavy (non-hydrogen) atoms. The Kier molecular flexibility index (Phi) is 5.46. The van der Waals surface area contributed by atoms with Gasteiger partial charge in [-0.1, -0.05) is 27.7 Å². The molecule has 0 bridgehead atoms. The number of aryl methyl sites for hydroxylation is 2. The number of hydrogen-bond donors (Lipinski definition) is 1. The Hall–Kier alpha value is -0.900. The molecule has 0 aromatic carbocycles. The van der Waals surface area contributed by atoms with Gasteiger partial charge in [-0.25, -0.2) is 9.67 Å². The van der Waals surface area contributed by atoms with Gasteiger partial charge in [-0.3, -0.25) is 0 Å². The summed E-state index contributed by atoms with van der Waals surface area (Å²) < 4.78 is 2.11. The van der Waals surface area contributed by atoms with Gasteiger partial charge in [0.25, 0.3) is 0 Å². The van der Waals surface area contributed by atoms with E-state index in [-0.39, 0.29) is 0 Å². The normalized spacial score (nSPS) is 13.0. The summed E-state index contributed by atoms with van der Waals surface area (Å²) in [5, 5.41) is 7.98. The summed E-state index contributed by atoms with van der Waals surface area (Å²) in [6.07, 6.45) is 2.96. The molecule has 0 fully saturated rings. The van der Waals surface area contributed by atoms with E-state index in [9.17, 15) is 0 Å². The number of rotatable bonds is 7. The van der Waals surface area contributed by atoms with Crippen molar-refractivity contribution in [1.82, 2.24) is 20.1 Å². The van der Waals surface area contributed by atoms with Crippen molar-refractivity contribution < 1.29 is 0 Å². The van der Waals surface area contributed by atoms with Gasteiger partial charge in [0.2, 0.25) is 0 Å². The van der Waals surface area contributed by atoms with Crippen LogP contribution in [0.2, 0.25) is 0 Å². The molecule has 0 saturated heterocycles. The fourth-order valence-corrected chi connectivity index (χ4v) is 1.80. The van der Waals surface area contributed by atoms with Gasteiger partial charge in [0, 0.05) is 19.4 Å². The Labute approximate surface area is 98.5 Å². The summed E-state index contributed by atoms with van der Waals surface area (Å²) in [5.41, 5.74) is 0. The van der Waals surface area contributed by atoms with E-state index in [0.717, 1.165) is 44.0 Å². The van der Waals surface area contributed by atoms with E-state index in [1.807, 2.05) is 0 Å². The largest absolute Gasteiger partial charge is 0.315 e. The molecule has 1 rings (SSSR count). The van der Waals surface area contributed by atoms with E-state index >= 15 is 0 Å². The average molecular weight is 224 g/mol. The van der Waals surface area contributed by atoms with Crippen LogP contribution in [0, 0.1) is 0 Å². The first kappa shape index (κ1) is 13.2. The minimum Gasteiger partial charge on any atom is -0.315 e. The lowest BCUT2D eigenvalue weighted by molar-refractivity contribution is 0.401. The maximum absolute atomic E-state index is 4.59. The molecule has 4 heteroatoms. The Morgan fingerprint density at radius 3 is 2.44 bits per heavy atom. The minimum absolute atomic E-state index is 0.433. The highest BCUT2D eigenvalue weighted by molar-refractivity contribution is 4.95. The highest BCUT2D eigenvalue weighted by Crippen LogP contribution is 2.13. The first-order valence-electron chi connectivity index (χ1n) is 6.41. The van der Waals surface area contributed by atoms with Gasteiger partial charge in [-0.05, 0) is 13.0 Å². The summed E-state index contributed by atoms with van der Waals surface area (Å²) in [4.78, 5) is 4.55. The highest BCUT2D eigenvalue weighted by atomic mass is 15.4. The van der Waals surface area contributed by atoms with Crippen LogP contribution in [0.3, 0.4) is 0 Å². The second-order valence-electron chi connectivity index (χ2n) is 3.97. The number of nitrogens with zero attached hydrogens (tertiary/aromatic N) is 3. The molecule has 1 aromatic heterocycles. The first-order chi connectivity index (χ1) is 7.76. The van der Waals surface area contributed by atoms with Crippen molar-refractivity contribution in [2.75, 3.05) is 13.1 Å². The molecule has 4 nitrogen and oxygen atoms in total. The third kappa shape index (κ3) is 3.04. The maximum atomic E-state index is 4.59. The van der Waals surface area contributed by atoms with E-state index in [2.05, 4.69) is 47.8 Å². The second kappa shape index (κ2) is 6.63. The van der Waals surface area contributed by atoms with E-state index < -0.39 is 0 Å². The van der Waals surface area contributed by atoms with Gasteiger partial charge in [-0.2, -0.15) is 5.10 Å². The number of nitrogens with one attached hydrogen (secondary N) is 1. The standard InChI is InChI=1S/C12H24N4/c1-5-10(9-13-8-4)16-12(7-3)14-11(6-2)15-16/h10,13H,5-9H2,1-4H3. The van der Waals surface area contributed by atoms with Gasteiger partial charge < -0.3 is 5.32 Å². The van der Waals surface area contributed by atoms with Crippen LogP contribution < -0.4 is 5.32 Å². The SMILES string of the molecule is CCNCC(CC)n1nc(CC)nc1CC. The molecule has 92 valence electrons. The summed E-state index contributed by atoms with van der Waals surface area (Å²) >= 11 is 0. The molecule has 0 spiro atoms. The topological polar surface area (TPSA) is 42.7 Å². The average Bonchev–Trinajstić information content (AvgIpc) is 2.73. The fourth-order valence-electron chi connectivity index (χ4n) is 1.80. The second-order valence-corrected chi connectivity index (χ2v) is 3.97. The van der Waals surface area contributed by atoms with Gasteiger partial charge in [0.15, 0.2) is 5.82 Å². The van der Waals surface area contributed by atoms with Crippen molar-refractivity contribution in [3.63, 3.8) is 0 Å². The zero-order valence-corrected chi connectivity index (χ0v) is 11.0. The third-order valence-electron chi connectivity index (χ3n) is 2.83. The molecule has 1 atom stereocenters. The van der Waals surface area contributed by atoms with Crippen LogP contribution in [0.1, 0.15) is 51.8 Å². The van der Waals surface area contributed by atoms with Crippen molar-refractivity contribution >= 4 is 0 Å². The van der Waals surface area contributed by atoms with Crippen molar-refractivity contribution in [3.8, 4) is 0 Å². The Balaban J connectivity index is 2.84. The first-order valence-corrected chi connectivity index (χ1v) is 6.41. The minimum atomic E-state index is 0.433. The number of hydrogen-bond acceptors (Lipinski definition) is 3. The Morgan fingerprint density at radius 1 is 1.19 bits per heavy atom. The molecule has 0 amide bonds. The van der Waals surface area contributed by atoms with Crippen molar-refractivity contribution in [2.45, 2.75) is 53.0 Å². The summed E-state index contributed by atoms with van der Waals surface area (Å²) in [6, 6.07) is 0.433. The molecule has 1 heterocycles. The van der Waals surface area contributed by atoms with Crippen LogP contribution in [0.25, 0.3) is 0 Å². The molecule has 0 radical (unpaired) electrons. The Morgan fingerprint density at radius 2 is 1.94 bits per heavy atom. The van der Waals surface area contributed by atoms with Gasteiger partial charge >= 0.3 is 0 Å². The summed E-state index contributed by atoms with van der Waals surface area (Å²) in [7, 11) is 0. The molecule has 0 aliphatic heterocycles. The molecule has 1 aromatic rings. The lowest BCUT2D eigenvalue weighted by Crippen LogP contribution is -2.26. The summed E-state index contributed by atoms with van der Waals surface area (Å²) in [6.45, 7) is 10.6. The van der Waals surface area contributed by atoms with Crippen LogP contribution in [-0.2, 0) is 12.8 Å². The predicted octanol–water partition coefficient (Wildman–Crippen LogP) is 1.96. The van der Waals surface area contributed by atoms with Gasteiger partial charge in [0.05, 0.1) is 6.04 Å². The lowest BCUT2D eigenvalue weighted by atomic mass is 10.2. The summed E-state index contributed by atoms with van der Waals surface area (Å²) in [5.74, 6) is 2.08. The monoisotopic (exact) mass is 224 g/mol. The zero-order valence-electron chi connectivity index (χ0n) is 11.0. The van der Waals surface area contributed by atoms with Gasteiger partial charge in [-0.15, -0.1) is 0 Å². The van der Waals surface area contributed by atoms with Crippen LogP contribution >= 0.6 is 0 Å². The van der Waals surface area contributed by atoms with Crippen molar-refractivity contribution in [1.29, 1.82) is 0 Å². The van der Waals surface area contributed by atoms with Crippen molar-refractivity contribution in [3.05, 3.63) is 11.6 Å². The predicted molar refractivity (Wildman–Crippen MR) is 66.6 cm³/mol. The number of aromatic nitrogens is 3. The highest BCUT2D eigenvalue weighted by Gasteiger charge is 2.15. The van der Waals surface area contributed by atoms with Gasteiger partial charge in [0.1, 0.15) is 5.82 Å². The van der Waals surface area contributed by atoms with E-state index in [1.165, 1.54) is 0 Å². The van der Waals surface area contributed by atoms with E-state index in [4.69, 9.17) is 0 Å². The van der Waals surface area contributed by atoms with Crippen LogP contribution in [0.4, 0.5) is 0 Å². The van der Waals surface area contributed by atoms with Crippen LogP contribution in [0.15, 0.2) is 0 Å². The number of likely N-dealkylation sites (N-methyl/N-ethyl adjacent to an activating group) is 1. The molecule has 1 N–H and O–H groups in total. The third-order valence-corrected chi connectivity index (χ3v) is 2.83. The van der Waals surface area contributed by atoms with E-state index in [1.54, 1.807) is 0 Å². The fraction of sp³-hybridized carbons (Fsp3) is 0.833. The molecular weight excluding hydrogens is 200 g/mol. The lowest BCUT2D eigenvalue weighted by Gasteiger charge is -2.17. The molecule has 0 aliphatic rings. The van der Waals surface area contributed by atoms with Crippen LogP contribution in [0.5, 0.6) is 0 Å². The molecule has 0 aliphatic carbocycles. The smallest absolute Gasteiger partial charge is 0.150 e. The van der Waals surface area contributed by atoms with Crippen molar-refractivity contribution in [2.24, 2.45) is 0 Å². The molecule has 1 unspecified atom stereocenters. The Bertz CT molecular complexity index is 306. The zero-order chi connectivity index (χ0) is 12.0.